The smallest absolute Gasteiger partial charge is 0.243 e. The molecule has 4 heterocycles. The van der Waals surface area contributed by atoms with Crippen LogP contribution >= 0.6 is 11.3 Å². The molecule has 0 aliphatic carbocycles. The van der Waals surface area contributed by atoms with E-state index in [2.05, 4.69) is 21.3 Å². The molecule has 2 bridgehead atoms. The number of hydrogen-bond donors (Lipinski definition) is 1. The predicted octanol–water partition coefficient (Wildman–Crippen LogP) is 2.53. The summed E-state index contributed by atoms with van der Waals surface area (Å²) in [5.41, 5.74) is 4.45. The van der Waals surface area contributed by atoms with E-state index in [1.165, 1.54) is 16.9 Å². The first-order chi connectivity index (χ1) is 15.6. The molecule has 3 fully saturated rings. The molecule has 3 aliphatic rings. The van der Waals surface area contributed by atoms with Crippen molar-refractivity contribution in [1.82, 2.24) is 20.1 Å². The van der Waals surface area contributed by atoms with E-state index in [4.69, 9.17) is 5.26 Å². The first kappa shape index (κ1) is 21.1. The van der Waals surface area contributed by atoms with Gasteiger partial charge in [-0.05, 0) is 42.9 Å². The number of nitrogens with one attached hydrogen (secondary N) is 1. The summed E-state index contributed by atoms with van der Waals surface area (Å²) >= 11 is 1.51. The number of rotatable bonds is 5. The van der Waals surface area contributed by atoms with Crippen LogP contribution < -0.4 is 5.32 Å². The third-order valence-electron chi connectivity index (χ3n) is 7.10. The Morgan fingerprint density at radius 1 is 1.25 bits per heavy atom. The molecule has 1 aromatic heterocycles. The van der Waals surface area contributed by atoms with E-state index in [0.717, 1.165) is 44.6 Å². The molecule has 1 N–H and O–H groups in total. The van der Waals surface area contributed by atoms with E-state index in [9.17, 15) is 9.59 Å². The Bertz CT molecular complexity index is 1020. The highest BCUT2D eigenvalue weighted by Crippen LogP contribution is 2.42. The quantitative estimate of drug-likeness (QED) is 0.758. The number of thiazole rings is 1. The number of hydrogen-bond acceptors (Lipinski definition) is 6. The fourth-order valence-electron chi connectivity index (χ4n) is 5.77. The Labute approximate surface area is 192 Å². The second kappa shape index (κ2) is 9.00. The third kappa shape index (κ3) is 4.15. The first-order valence-electron chi connectivity index (χ1n) is 11.3. The number of nitrogens with zero attached hydrogens (tertiary/aromatic N) is 4. The lowest BCUT2D eigenvalue weighted by Gasteiger charge is -2.55. The van der Waals surface area contributed by atoms with Crippen molar-refractivity contribution in [2.75, 3.05) is 13.1 Å². The Morgan fingerprint density at radius 2 is 2.06 bits per heavy atom. The summed E-state index contributed by atoms with van der Waals surface area (Å²) in [4.78, 5) is 34.9. The van der Waals surface area contributed by atoms with Gasteiger partial charge < -0.3 is 10.2 Å². The van der Waals surface area contributed by atoms with Crippen LogP contribution in [0.2, 0.25) is 0 Å². The van der Waals surface area contributed by atoms with Crippen molar-refractivity contribution in [3.63, 3.8) is 0 Å². The monoisotopic (exact) mass is 449 g/mol. The van der Waals surface area contributed by atoms with E-state index in [1.807, 2.05) is 34.5 Å². The topological polar surface area (TPSA) is 89.3 Å². The number of nitriles is 1. The molecule has 8 heteroatoms. The van der Waals surface area contributed by atoms with Crippen LogP contribution in [0.15, 0.2) is 35.2 Å². The molecule has 2 aromatic rings. The lowest BCUT2D eigenvalue weighted by Crippen LogP contribution is -2.68. The number of amides is 2. The van der Waals surface area contributed by atoms with Gasteiger partial charge in [-0.3, -0.25) is 14.5 Å². The maximum atomic E-state index is 13.4. The van der Waals surface area contributed by atoms with Crippen LogP contribution in [0.3, 0.4) is 0 Å². The number of piperidine rings is 3. The molecule has 0 spiro atoms. The molecule has 1 aromatic carbocycles. The number of benzene rings is 1. The lowest BCUT2D eigenvalue weighted by molar-refractivity contribution is -0.160. The minimum absolute atomic E-state index is 0.0538. The summed E-state index contributed by atoms with van der Waals surface area (Å²) < 4.78 is 0. The molecular weight excluding hydrogens is 422 g/mol. The molecule has 3 aliphatic heterocycles. The minimum atomic E-state index is -0.411. The van der Waals surface area contributed by atoms with E-state index >= 15 is 0 Å². The molecule has 0 unspecified atom stereocenters. The second-order valence-electron chi connectivity index (χ2n) is 9.16. The highest BCUT2D eigenvalue weighted by Gasteiger charge is 2.51. The van der Waals surface area contributed by atoms with E-state index in [-0.39, 0.29) is 23.8 Å². The minimum Gasteiger partial charge on any atom is -0.349 e. The molecule has 4 atom stereocenters. The highest BCUT2D eigenvalue weighted by molar-refractivity contribution is 7.07. The maximum absolute atomic E-state index is 13.4. The Morgan fingerprint density at radius 3 is 2.81 bits per heavy atom. The number of carbonyl (C=O) groups is 2. The maximum Gasteiger partial charge on any atom is 0.243 e. The van der Waals surface area contributed by atoms with Gasteiger partial charge in [-0.2, -0.15) is 5.26 Å². The van der Waals surface area contributed by atoms with Gasteiger partial charge in [0.2, 0.25) is 11.8 Å². The molecule has 32 heavy (non-hydrogen) atoms. The number of fused-ring (bicyclic) bond motifs is 4. The van der Waals surface area contributed by atoms with Crippen LogP contribution in [-0.2, 0) is 22.7 Å². The van der Waals surface area contributed by atoms with Crippen LogP contribution in [0.5, 0.6) is 0 Å². The van der Waals surface area contributed by atoms with Crippen molar-refractivity contribution in [1.29, 1.82) is 5.26 Å². The molecule has 7 nitrogen and oxygen atoms in total. The van der Waals surface area contributed by atoms with Gasteiger partial charge in [0, 0.05) is 43.4 Å². The fourth-order valence-corrected chi connectivity index (χ4v) is 6.33. The summed E-state index contributed by atoms with van der Waals surface area (Å²) in [5, 5.41) is 14.0. The van der Waals surface area contributed by atoms with Crippen molar-refractivity contribution in [3.05, 3.63) is 52.0 Å². The highest BCUT2D eigenvalue weighted by atomic mass is 32.1. The number of likely N-dealkylation sites (tertiary alicyclic amines) is 1. The summed E-state index contributed by atoms with van der Waals surface area (Å²) in [5.74, 6) is 0.604. The zero-order valence-electron chi connectivity index (χ0n) is 17.9. The Hall–Kier alpha value is -2.76. The van der Waals surface area contributed by atoms with Crippen LogP contribution in [0.4, 0.5) is 0 Å². The van der Waals surface area contributed by atoms with Crippen LogP contribution in [-0.4, -0.2) is 51.8 Å². The van der Waals surface area contributed by atoms with Gasteiger partial charge in [0.15, 0.2) is 0 Å². The van der Waals surface area contributed by atoms with Gasteiger partial charge >= 0.3 is 0 Å². The number of carbonyl (C=O) groups excluding carboxylic acids is 2. The second-order valence-corrected chi connectivity index (χ2v) is 9.88. The third-order valence-corrected chi connectivity index (χ3v) is 7.74. The van der Waals surface area contributed by atoms with Crippen LogP contribution in [0.1, 0.15) is 42.5 Å². The average molecular weight is 450 g/mol. The summed E-state index contributed by atoms with van der Waals surface area (Å²) in [6.07, 6.45) is 3.42. The SMILES string of the molecule is N#Cc1ccc(CN2C[C@@H]3C[C@H](C2)[C@H](C(=O)NCc2cscn2)N2C(=O)CCC[C@@H]32)cc1. The average Bonchev–Trinajstić information content (AvgIpc) is 3.33. The van der Waals surface area contributed by atoms with Crippen molar-refractivity contribution in [2.24, 2.45) is 11.8 Å². The van der Waals surface area contributed by atoms with Gasteiger partial charge in [0.25, 0.3) is 0 Å². The van der Waals surface area contributed by atoms with Crippen molar-refractivity contribution in [2.45, 2.75) is 50.9 Å². The summed E-state index contributed by atoms with van der Waals surface area (Å²) in [6.45, 7) is 2.93. The van der Waals surface area contributed by atoms with E-state index < -0.39 is 6.04 Å². The Kier molecular flexibility index (Phi) is 5.94. The van der Waals surface area contributed by atoms with E-state index in [1.54, 1.807) is 5.51 Å². The normalized spacial score (nSPS) is 27.5. The zero-order chi connectivity index (χ0) is 22.1. The molecule has 5 rings (SSSR count). The van der Waals surface area contributed by atoms with Gasteiger partial charge in [-0.1, -0.05) is 12.1 Å². The van der Waals surface area contributed by atoms with Crippen molar-refractivity contribution < 1.29 is 9.59 Å². The van der Waals surface area contributed by atoms with Gasteiger partial charge in [-0.15, -0.1) is 11.3 Å². The van der Waals surface area contributed by atoms with Crippen LogP contribution in [0.25, 0.3) is 0 Å². The molecule has 0 saturated carbocycles. The lowest BCUT2D eigenvalue weighted by atomic mass is 9.71. The summed E-state index contributed by atoms with van der Waals surface area (Å²) in [7, 11) is 0. The Balaban J connectivity index is 1.35. The fraction of sp³-hybridized carbons (Fsp3) is 0.500. The summed E-state index contributed by atoms with van der Waals surface area (Å²) in [6, 6.07) is 9.64. The standard InChI is InChI=1S/C24H27N5O2S/c25-9-16-4-6-17(7-5-16)11-28-12-18-8-19(13-28)23(29-21(18)2-1-3-22(29)30)24(31)26-10-20-14-32-15-27-20/h4-7,14-15,18-19,21,23H,1-3,8,10-13H2,(H,26,31)/t18-,19+,21-,23+/m0/s1. The molecule has 2 amide bonds. The van der Waals surface area contributed by atoms with Crippen LogP contribution in [0, 0.1) is 23.2 Å². The largest absolute Gasteiger partial charge is 0.349 e. The van der Waals surface area contributed by atoms with Gasteiger partial charge in [0.05, 0.1) is 29.4 Å². The molecule has 166 valence electrons. The number of aromatic nitrogens is 1. The van der Waals surface area contributed by atoms with Gasteiger partial charge in [-0.25, -0.2) is 4.98 Å². The molecular formula is C24H27N5O2S. The van der Waals surface area contributed by atoms with Crippen molar-refractivity contribution >= 4 is 23.2 Å². The predicted molar refractivity (Wildman–Crippen MR) is 120 cm³/mol. The first-order valence-corrected chi connectivity index (χ1v) is 12.2. The molecule has 0 radical (unpaired) electrons. The van der Waals surface area contributed by atoms with Gasteiger partial charge in [0.1, 0.15) is 6.04 Å². The molecule has 3 saturated heterocycles. The van der Waals surface area contributed by atoms with Crippen molar-refractivity contribution in [3.8, 4) is 6.07 Å². The van der Waals surface area contributed by atoms with E-state index in [0.29, 0.717) is 24.4 Å². The zero-order valence-corrected chi connectivity index (χ0v) is 18.8.